The van der Waals surface area contributed by atoms with Crippen LogP contribution in [-0.4, -0.2) is 27.7 Å². The number of rotatable bonds is 8. The Morgan fingerprint density at radius 1 is 1.30 bits per heavy atom. The van der Waals surface area contributed by atoms with Gasteiger partial charge in [-0.05, 0) is 51.3 Å². The van der Waals surface area contributed by atoms with E-state index in [0.717, 1.165) is 22.9 Å². The molecular weight excluding hydrogens is 342 g/mol. The molecule has 0 unspecified atom stereocenters. The molecule has 20 heavy (non-hydrogen) atoms. The fourth-order valence-corrected chi connectivity index (χ4v) is 3.55. The molecule has 114 valence electrons. The lowest BCUT2D eigenvalue weighted by atomic mass is 10.2. The summed E-state index contributed by atoms with van der Waals surface area (Å²) >= 11 is 3.30. The predicted molar refractivity (Wildman–Crippen MR) is 84.4 cm³/mol. The lowest BCUT2D eigenvalue weighted by Crippen LogP contribution is -2.25. The third-order valence-electron chi connectivity index (χ3n) is 2.75. The first-order chi connectivity index (χ1) is 9.33. The minimum Gasteiger partial charge on any atom is -0.379 e. The number of halogens is 1. The summed E-state index contributed by atoms with van der Waals surface area (Å²) in [6.07, 6.45) is 1.83. The van der Waals surface area contributed by atoms with E-state index in [1.165, 1.54) is 0 Å². The zero-order chi connectivity index (χ0) is 15.2. The van der Waals surface area contributed by atoms with Crippen molar-refractivity contribution in [2.75, 3.05) is 13.2 Å². The van der Waals surface area contributed by atoms with E-state index >= 15 is 0 Å². The van der Waals surface area contributed by atoms with Crippen LogP contribution in [0, 0.1) is 6.92 Å². The Morgan fingerprint density at radius 2 is 2.00 bits per heavy atom. The largest absolute Gasteiger partial charge is 0.379 e. The number of hydrogen-bond acceptors (Lipinski definition) is 3. The number of nitrogens with one attached hydrogen (secondary N) is 1. The van der Waals surface area contributed by atoms with Crippen LogP contribution in [0.4, 0.5) is 0 Å². The molecule has 0 heterocycles. The van der Waals surface area contributed by atoms with Crippen molar-refractivity contribution in [2.24, 2.45) is 0 Å². The van der Waals surface area contributed by atoms with Gasteiger partial charge >= 0.3 is 0 Å². The molecule has 0 atom stereocenters. The summed E-state index contributed by atoms with van der Waals surface area (Å²) in [6, 6.07) is 5.24. The normalized spacial score (nSPS) is 12.1. The fourth-order valence-electron chi connectivity index (χ4n) is 1.69. The Bertz CT molecular complexity index is 529. The van der Waals surface area contributed by atoms with Gasteiger partial charge in [-0.3, -0.25) is 0 Å². The van der Waals surface area contributed by atoms with Crippen molar-refractivity contribution in [2.45, 2.75) is 44.6 Å². The van der Waals surface area contributed by atoms with Crippen LogP contribution in [-0.2, 0) is 14.8 Å². The highest BCUT2D eigenvalue weighted by atomic mass is 79.9. The highest BCUT2D eigenvalue weighted by Crippen LogP contribution is 2.20. The van der Waals surface area contributed by atoms with E-state index in [1.54, 1.807) is 19.1 Å². The molecule has 0 amide bonds. The van der Waals surface area contributed by atoms with Crippen LogP contribution in [0.2, 0.25) is 0 Å². The Kier molecular flexibility index (Phi) is 7.15. The maximum atomic E-state index is 12.2. The van der Waals surface area contributed by atoms with Crippen molar-refractivity contribution < 1.29 is 13.2 Å². The molecule has 0 spiro atoms. The van der Waals surface area contributed by atoms with Crippen LogP contribution in [0.15, 0.2) is 27.6 Å². The zero-order valence-electron chi connectivity index (χ0n) is 12.1. The Hall–Kier alpha value is -0.430. The van der Waals surface area contributed by atoms with Crippen LogP contribution >= 0.6 is 15.9 Å². The number of benzene rings is 1. The molecule has 1 aromatic carbocycles. The van der Waals surface area contributed by atoms with E-state index in [2.05, 4.69) is 20.7 Å². The smallest absolute Gasteiger partial charge is 0.240 e. The first-order valence-corrected chi connectivity index (χ1v) is 8.98. The topological polar surface area (TPSA) is 55.4 Å². The van der Waals surface area contributed by atoms with Crippen molar-refractivity contribution in [3.05, 3.63) is 28.2 Å². The van der Waals surface area contributed by atoms with Gasteiger partial charge in [0.05, 0.1) is 11.0 Å². The van der Waals surface area contributed by atoms with Gasteiger partial charge in [-0.2, -0.15) is 0 Å². The standard InChI is InChI=1S/C14H22BrNO3S/c1-11(2)19-9-5-4-8-16-20(17,18)14-10-13(15)7-6-12(14)3/h6-7,10-11,16H,4-5,8-9H2,1-3H3. The summed E-state index contributed by atoms with van der Waals surface area (Å²) in [4.78, 5) is 0.324. The summed E-state index contributed by atoms with van der Waals surface area (Å²) in [6.45, 7) is 6.85. The van der Waals surface area contributed by atoms with Crippen LogP contribution < -0.4 is 4.72 Å². The Labute approximate surface area is 130 Å². The van der Waals surface area contributed by atoms with Gasteiger partial charge in [0.2, 0.25) is 10.0 Å². The molecule has 0 radical (unpaired) electrons. The second kappa shape index (κ2) is 8.12. The van der Waals surface area contributed by atoms with E-state index < -0.39 is 10.0 Å². The summed E-state index contributed by atoms with van der Waals surface area (Å²) < 4.78 is 33.2. The minimum absolute atomic E-state index is 0.219. The van der Waals surface area contributed by atoms with Crippen molar-refractivity contribution in [1.29, 1.82) is 0 Å². The molecule has 0 saturated heterocycles. The molecule has 0 aromatic heterocycles. The van der Waals surface area contributed by atoms with Gasteiger partial charge in [0.1, 0.15) is 0 Å². The molecule has 6 heteroatoms. The first-order valence-electron chi connectivity index (χ1n) is 6.70. The average molecular weight is 364 g/mol. The van der Waals surface area contributed by atoms with Gasteiger partial charge in [0, 0.05) is 17.6 Å². The average Bonchev–Trinajstić information content (AvgIpc) is 2.36. The number of hydrogen-bond donors (Lipinski definition) is 1. The van der Waals surface area contributed by atoms with E-state index in [-0.39, 0.29) is 6.10 Å². The van der Waals surface area contributed by atoms with Crippen molar-refractivity contribution in [3.63, 3.8) is 0 Å². The SMILES string of the molecule is Cc1ccc(Br)cc1S(=O)(=O)NCCCCOC(C)C. The van der Waals surface area contributed by atoms with E-state index in [1.807, 2.05) is 19.9 Å². The van der Waals surface area contributed by atoms with Gasteiger partial charge in [0.15, 0.2) is 0 Å². The number of ether oxygens (including phenoxy) is 1. The van der Waals surface area contributed by atoms with Crippen molar-refractivity contribution in [1.82, 2.24) is 4.72 Å². The van der Waals surface area contributed by atoms with E-state index in [9.17, 15) is 8.42 Å². The van der Waals surface area contributed by atoms with Gasteiger partial charge < -0.3 is 4.74 Å². The summed E-state index contributed by atoms with van der Waals surface area (Å²) in [5.74, 6) is 0. The van der Waals surface area contributed by atoms with Gasteiger partial charge in [0.25, 0.3) is 0 Å². The molecule has 4 nitrogen and oxygen atoms in total. The fraction of sp³-hybridized carbons (Fsp3) is 0.571. The summed E-state index contributed by atoms with van der Waals surface area (Å²) in [5.41, 5.74) is 0.740. The third-order valence-corrected chi connectivity index (χ3v) is 4.85. The lowest BCUT2D eigenvalue weighted by Gasteiger charge is -2.10. The van der Waals surface area contributed by atoms with E-state index in [0.29, 0.717) is 18.0 Å². The number of unbranched alkanes of at least 4 members (excludes halogenated alkanes) is 1. The molecule has 0 saturated carbocycles. The zero-order valence-corrected chi connectivity index (χ0v) is 14.6. The second-order valence-corrected chi connectivity index (χ2v) is 7.59. The predicted octanol–water partition coefficient (Wildman–Crippen LogP) is 3.24. The highest BCUT2D eigenvalue weighted by molar-refractivity contribution is 9.10. The second-order valence-electron chi connectivity index (χ2n) is 4.93. The van der Waals surface area contributed by atoms with Gasteiger partial charge in [-0.1, -0.05) is 22.0 Å². The minimum atomic E-state index is -3.44. The molecule has 1 aromatic rings. The van der Waals surface area contributed by atoms with Crippen LogP contribution in [0.5, 0.6) is 0 Å². The molecule has 0 bridgehead atoms. The van der Waals surface area contributed by atoms with Crippen LogP contribution in [0.25, 0.3) is 0 Å². The Balaban J connectivity index is 2.48. The third kappa shape index (κ3) is 5.91. The molecular formula is C14H22BrNO3S. The number of aryl methyl sites for hydroxylation is 1. The molecule has 1 N–H and O–H groups in total. The van der Waals surface area contributed by atoms with E-state index in [4.69, 9.17) is 4.74 Å². The quantitative estimate of drug-likeness (QED) is 0.721. The molecule has 0 aliphatic rings. The summed E-state index contributed by atoms with van der Waals surface area (Å²) in [7, 11) is -3.44. The van der Waals surface area contributed by atoms with Crippen LogP contribution in [0.1, 0.15) is 32.3 Å². The molecule has 0 aliphatic heterocycles. The number of sulfonamides is 1. The molecule has 0 aliphatic carbocycles. The van der Waals surface area contributed by atoms with Crippen molar-refractivity contribution in [3.8, 4) is 0 Å². The molecule has 0 fully saturated rings. The van der Waals surface area contributed by atoms with Crippen LogP contribution in [0.3, 0.4) is 0 Å². The maximum Gasteiger partial charge on any atom is 0.240 e. The van der Waals surface area contributed by atoms with Crippen molar-refractivity contribution >= 4 is 26.0 Å². The Morgan fingerprint density at radius 3 is 2.65 bits per heavy atom. The first kappa shape index (κ1) is 17.6. The maximum absolute atomic E-state index is 12.2. The highest BCUT2D eigenvalue weighted by Gasteiger charge is 2.16. The van der Waals surface area contributed by atoms with Gasteiger partial charge in [-0.25, -0.2) is 13.1 Å². The lowest BCUT2D eigenvalue weighted by molar-refractivity contribution is 0.0762. The summed E-state index contributed by atoms with van der Waals surface area (Å²) in [5, 5.41) is 0. The monoisotopic (exact) mass is 363 g/mol. The molecule has 1 rings (SSSR count). The van der Waals surface area contributed by atoms with Gasteiger partial charge in [-0.15, -0.1) is 0 Å².